The van der Waals surface area contributed by atoms with E-state index in [0.717, 1.165) is 31.4 Å². The average molecular weight is 315 g/mol. The Kier molecular flexibility index (Phi) is 5.26. The minimum absolute atomic E-state index is 0.00801. The summed E-state index contributed by atoms with van der Waals surface area (Å²) in [6.45, 7) is 3.07. The highest BCUT2D eigenvalue weighted by molar-refractivity contribution is 5.76. The van der Waals surface area contributed by atoms with E-state index in [2.05, 4.69) is 10.3 Å². The van der Waals surface area contributed by atoms with E-state index in [0.29, 0.717) is 25.3 Å². The molecule has 0 unspecified atom stereocenters. The molecule has 1 fully saturated rings. The standard InChI is InChI=1S/C15H20F3N3O/c1-2-4-14(22)20-12-5-3-8-21(10-12)13-9-11(6-7-19-13)15(16,17)18/h6-7,9,12H,2-5,8,10H2,1H3,(H,20,22)/t12-/m0/s1. The molecule has 0 aliphatic carbocycles. The molecule has 0 spiro atoms. The third-order valence-electron chi connectivity index (χ3n) is 3.66. The van der Waals surface area contributed by atoms with Gasteiger partial charge in [-0.25, -0.2) is 4.98 Å². The second-order valence-corrected chi connectivity index (χ2v) is 5.50. The number of nitrogens with one attached hydrogen (secondary N) is 1. The van der Waals surface area contributed by atoms with E-state index >= 15 is 0 Å². The molecule has 1 aromatic rings. The molecule has 0 bridgehead atoms. The second kappa shape index (κ2) is 6.98. The number of aromatic nitrogens is 1. The van der Waals surface area contributed by atoms with Crippen LogP contribution in [0.5, 0.6) is 0 Å². The molecule has 1 aliphatic rings. The maximum Gasteiger partial charge on any atom is 0.416 e. The number of rotatable bonds is 4. The third-order valence-corrected chi connectivity index (χ3v) is 3.66. The van der Waals surface area contributed by atoms with Gasteiger partial charge in [-0.3, -0.25) is 4.79 Å². The molecule has 22 heavy (non-hydrogen) atoms. The lowest BCUT2D eigenvalue weighted by molar-refractivity contribution is -0.137. The largest absolute Gasteiger partial charge is 0.416 e. The highest BCUT2D eigenvalue weighted by Crippen LogP contribution is 2.31. The fourth-order valence-corrected chi connectivity index (χ4v) is 2.60. The van der Waals surface area contributed by atoms with E-state index in [4.69, 9.17) is 0 Å². The number of hydrogen-bond acceptors (Lipinski definition) is 3. The Morgan fingerprint density at radius 2 is 2.27 bits per heavy atom. The van der Waals surface area contributed by atoms with Crippen LogP contribution < -0.4 is 10.2 Å². The minimum atomic E-state index is -4.37. The van der Waals surface area contributed by atoms with Gasteiger partial charge in [0, 0.05) is 31.7 Å². The molecule has 0 aromatic carbocycles. The zero-order valence-corrected chi connectivity index (χ0v) is 12.5. The van der Waals surface area contributed by atoms with Gasteiger partial charge in [-0.2, -0.15) is 13.2 Å². The highest BCUT2D eigenvalue weighted by atomic mass is 19.4. The molecule has 7 heteroatoms. The monoisotopic (exact) mass is 315 g/mol. The number of halogens is 3. The normalized spacial score (nSPS) is 19.1. The Labute approximate surface area is 127 Å². The van der Waals surface area contributed by atoms with E-state index in [9.17, 15) is 18.0 Å². The van der Waals surface area contributed by atoms with Crippen LogP contribution in [-0.2, 0) is 11.0 Å². The summed E-state index contributed by atoms with van der Waals surface area (Å²) in [5.41, 5.74) is -0.699. The molecule has 1 N–H and O–H groups in total. The van der Waals surface area contributed by atoms with Crippen LogP contribution in [0.4, 0.5) is 19.0 Å². The van der Waals surface area contributed by atoms with Gasteiger partial charge in [0.1, 0.15) is 5.82 Å². The van der Waals surface area contributed by atoms with Crippen molar-refractivity contribution >= 4 is 11.7 Å². The summed E-state index contributed by atoms with van der Waals surface area (Å²) < 4.78 is 38.3. The molecule has 4 nitrogen and oxygen atoms in total. The van der Waals surface area contributed by atoms with Crippen LogP contribution in [0.1, 0.15) is 38.2 Å². The topological polar surface area (TPSA) is 45.2 Å². The molecular formula is C15H20F3N3O. The van der Waals surface area contributed by atoms with Crippen molar-refractivity contribution in [1.29, 1.82) is 0 Å². The van der Waals surface area contributed by atoms with Gasteiger partial charge in [-0.05, 0) is 31.4 Å². The van der Waals surface area contributed by atoms with E-state index in [1.165, 1.54) is 6.20 Å². The van der Waals surface area contributed by atoms with Crippen molar-refractivity contribution in [2.75, 3.05) is 18.0 Å². The Morgan fingerprint density at radius 3 is 2.95 bits per heavy atom. The number of hydrogen-bond donors (Lipinski definition) is 1. The molecule has 122 valence electrons. The van der Waals surface area contributed by atoms with Crippen molar-refractivity contribution in [2.45, 2.75) is 44.8 Å². The van der Waals surface area contributed by atoms with Gasteiger partial charge in [0.05, 0.1) is 5.56 Å². The van der Waals surface area contributed by atoms with Crippen molar-refractivity contribution in [1.82, 2.24) is 10.3 Å². The number of pyridine rings is 1. The first kappa shape index (κ1) is 16.6. The lowest BCUT2D eigenvalue weighted by Crippen LogP contribution is -2.48. The molecule has 2 heterocycles. The average Bonchev–Trinajstić information content (AvgIpc) is 2.47. The Bertz CT molecular complexity index is 519. The number of alkyl halides is 3. The summed E-state index contributed by atoms with van der Waals surface area (Å²) in [5, 5.41) is 2.93. The molecule has 1 atom stereocenters. The molecule has 1 amide bonds. The van der Waals surface area contributed by atoms with Gasteiger partial charge in [0.2, 0.25) is 5.91 Å². The Morgan fingerprint density at radius 1 is 1.50 bits per heavy atom. The zero-order chi connectivity index (χ0) is 16.2. The van der Waals surface area contributed by atoms with Crippen molar-refractivity contribution in [3.05, 3.63) is 23.9 Å². The lowest BCUT2D eigenvalue weighted by Gasteiger charge is -2.34. The van der Waals surface area contributed by atoms with Crippen LogP contribution in [0, 0.1) is 0 Å². The summed E-state index contributed by atoms with van der Waals surface area (Å²) >= 11 is 0. The number of carbonyl (C=O) groups is 1. The van der Waals surface area contributed by atoms with Crippen molar-refractivity contribution in [3.63, 3.8) is 0 Å². The second-order valence-electron chi connectivity index (χ2n) is 5.50. The maximum absolute atomic E-state index is 12.8. The highest BCUT2D eigenvalue weighted by Gasteiger charge is 2.31. The van der Waals surface area contributed by atoms with Crippen LogP contribution >= 0.6 is 0 Å². The Balaban J connectivity index is 2.04. The number of piperidine rings is 1. The minimum Gasteiger partial charge on any atom is -0.355 e. The van der Waals surface area contributed by atoms with Crippen LogP contribution in [0.15, 0.2) is 18.3 Å². The number of amides is 1. The third kappa shape index (κ3) is 4.35. The fourth-order valence-electron chi connectivity index (χ4n) is 2.60. The quantitative estimate of drug-likeness (QED) is 0.929. The van der Waals surface area contributed by atoms with Crippen molar-refractivity contribution in [2.24, 2.45) is 0 Å². The predicted molar refractivity (Wildman–Crippen MR) is 77.5 cm³/mol. The SMILES string of the molecule is CCCC(=O)N[C@H]1CCCN(c2cc(C(F)(F)F)ccn2)C1. The Hall–Kier alpha value is -1.79. The predicted octanol–water partition coefficient (Wildman–Crippen LogP) is 2.99. The maximum atomic E-state index is 12.8. The molecule has 1 aromatic heterocycles. The van der Waals surface area contributed by atoms with Crippen molar-refractivity contribution < 1.29 is 18.0 Å². The summed E-state index contributed by atoms with van der Waals surface area (Å²) in [5.74, 6) is 0.301. The smallest absolute Gasteiger partial charge is 0.355 e. The van der Waals surface area contributed by atoms with E-state index in [1.54, 1.807) is 4.90 Å². The number of anilines is 1. The first-order valence-corrected chi connectivity index (χ1v) is 7.47. The first-order valence-electron chi connectivity index (χ1n) is 7.47. The summed E-state index contributed by atoms with van der Waals surface area (Å²) in [7, 11) is 0. The lowest BCUT2D eigenvalue weighted by atomic mass is 10.1. The van der Waals surface area contributed by atoms with Gasteiger partial charge >= 0.3 is 6.18 Å². The van der Waals surface area contributed by atoms with Gasteiger partial charge in [-0.1, -0.05) is 6.92 Å². The number of carbonyl (C=O) groups excluding carboxylic acids is 1. The summed E-state index contributed by atoms with van der Waals surface area (Å²) in [4.78, 5) is 17.5. The van der Waals surface area contributed by atoms with E-state index in [1.807, 2.05) is 6.92 Å². The van der Waals surface area contributed by atoms with E-state index in [-0.39, 0.29) is 11.9 Å². The van der Waals surface area contributed by atoms with Crippen LogP contribution in [0.2, 0.25) is 0 Å². The molecule has 1 saturated heterocycles. The summed E-state index contributed by atoms with van der Waals surface area (Å²) in [6.07, 6.45) is -0.296. The van der Waals surface area contributed by atoms with Crippen LogP contribution in [0.3, 0.4) is 0 Å². The zero-order valence-electron chi connectivity index (χ0n) is 12.5. The molecule has 0 radical (unpaired) electrons. The fraction of sp³-hybridized carbons (Fsp3) is 0.600. The van der Waals surface area contributed by atoms with Crippen LogP contribution in [-0.4, -0.2) is 30.0 Å². The van der Waals surface area contributed by atoms with Crippen molar-refractivity contribution in [3.8, 4) is 0 Å². The molecule has 0 saturated carbocycles. The number of nitrogens with zero attached hydrogens (tertiary/aromatic N) is 2. The van der Waals surface area contributed by atoms with Gasteiger partial charge in [0.15, 0.2) is 0 Å². The molecule has 2 rings (SSSR count). The van der Waals surface area contributed by atoms with Gasteiger partial charge in [0.25, 0.3) is 0 Å². The van der Waals surface area contributed by atoms with Crippen LogP contribution in [0.25, 0.3) is 0 Å². The molecular weight excluding hydrogens is 295 g/mol. The van der Waals surface area contributed by atoms with Gasteiger partial charge in [-0.15, -0.1) is 0 Å². The van der Waals surface area contributed by atoms with Gasteiger partial charge < -0.3 is 10.2 Å². The summed E-state index contributed by atoms with van der Waals surface area (Å²) in [6, 6.07) is 1.99. The van der Waals surface area contributed by atoms with E-state index < -0.39 is 11.7 Å². The first-order chi connectivity index (χ1) is 10.4. The molecule has 1 aliphatic heterocycles.